The lowest BCUT2D eigenvalue weighted by Crippen LogP contribution is -2.26. The Morgan fingerprint density at radius 1 is 1.13 bits per heavy atom. The Morgan fingerprint density at radius 2 is 1.87 bits per heavy atom. The highest BCUT2D eigenvalue weighted by atomic mass is 32.2. The van der Waals surface area contributed by atoms with E-state index in [4.69, 9.17) is 9.47 Å². The Morgan fingerprint density at radius 3 is 2.53 bits per heavy atom. The van der Waals surface area contributed by atoms with Crippen molar-refractivity contribution in [3.8, 4) is 11.5 Å². The second-order valence-electron chi connectivity index (χ2n) is 6.71. The molecule has 162 valence electrons. The Hall–Kier alpha value is -2.84. The highest BCUT2D eigenvalue weighted by Crippen LogP contribution is 2.28. The zero-order chi connectivity index (χ0) is 22.1. The zero-order valence-electron chi connectivity index (χ0n) is 17.7. The van der Waals surface area contributed by atoms with Gasteiger partial charge < -0.3 is 14.8 Å². The van der Waals surface area contributed by atoms with Gasteiger partial charge in [-0.15, -0.1) is 0 Å². The van der Waals surface area contributed by atoms with Gasteiger partial charge in [-0.05, 0) is 41.8 Å². The van der Waals surface area contributed by atoms with Crippen molar-refractivity contribution in [1.82, 2.24) is 9.62 Å². The number of nitrogens with zero attached hydrogens (tertiary/aromatic N) is 1. The number of hydrogen-bond donors (Lipinski definition) is 1. The van der Waals surface area contributed by atoms with Crippen molar-refractivity contribution < 1.29 is 22.7 Å². The third-order valence-corrected chi connectivity index (χ3v) is 6.18. The fourth-order valence-corrected chi connectivity index (χ4v) is 3.75. The van der Waals surface area contributed by atoms with E-state index in [1.165, 1.54) is 26.2 Å². The van der Waals surface area contributed by atoms with Crippen molar-refractivity contribution in [1.29, 1.82) is 0 Å². The molecule has 2 aromatic carbocycles. The van der Waals surface area contributed by atoms with E-state index in [1.54, 1.807) is 43.5 Å². The SMILES string of the molecule is CCCOc1ccc(/C=C/C(=O)NCc2ccccc2S(=O)(=O)N(C)C)cc1OC. The summed E-state index contributed by atoms with van der Waals surface area (Å²) in [4.78, 5) is 12.4. The summed E-state index contributed by atoms with van der Waals surface area (Å²) in [6.07, 6.45) is 3.94. The summed E-state index contributed by atoms with van der Waals surface area (Å²) in [5.74, 6) is 0.908. The standard InChI is InChI=1S/C22H28N2O5S/c1-5-14-29-19-12-10-17(15-20(19)28-4)11-13-22(25)23-16-18-8-6-7-9-21(18)30(26,27)24(2)3/h6-13,15H,5,14,16H2,1-4H3,(H,23,25)/b13-11+. The molecule has 0 spiro atoms. The average molecular weight is 433 g/mol. The topological polar surface area (TPSA) is 84.9 Å². The summed E-state index contributed by atoms with van der Waals surface area (Å²) in [5.41, 5.74) is 1.30. The third kappa shape index (κ3) is 6.08. The summed E-state index contributed by atoms with van der Waals surface area (Å²) in [5, 5.41) is 2.72. The molecule has 30 heavy (non-hydrogen) atoms. The molecule has 0 bridgehead atoms. The minimum Gasteiger partial charge on any atom is -0.493 e. The highest BCUT2D eigenvalue weighted by Gasteiger charge is 2.20. The predicted molar refractivity (Wildman–Crippen MR) is 117 cm³/mol. The minimum absolute atomic E-state index is 0.0968. The van der Waals surface area contributed by atoms with Crippen LogP contribution in [0.25, 0.3) is 6.08 Å². The fraction of sp³-hybridized carbons (Fsp3) is 0.318. The van der Waals surface area contributed by atoms with Gasteiger partial charge in [-0.2, -0.15) is 0 Å². The smallest absolute Gasteiger partial charge is 0.244 e. The van der Waals surface area contributed by atoms with E-state index in [0.29, 0.717) is 23.7 Å². The highest BCUT2D eigenvalue weighted by molar-refractivity contribution is 7.89. The molecule has 0 aromatic heterocycles. The first-order valence-electron chi connectivity index (χ1n) is 9.56. The van der Waals surface area contributed by atoms with Gasteiger partial charge in [0.15, 0.2) is 11.5 Å². The Kier molecular flexibility index (Phi) is 8.44. The van der Waals surface area contributed by atoms with Crippen LogP contribution in [0, 0.1) is 0 Å². The number of methoxy groups -OCH3 is 1. The van der Waals surface area contributed by atoms with E-state index < -0.39 is 10.0 Å². The van der Waals surface area contributed by atoms with Gasteiger partial charge in [-0.3, -0.25) is 4.79 Å². The van der Waals surface area contributed by atoms with Crippen LogP contribution in [-0.4, -0.2) is 46.4 Å². The number of carbonyl (C=O) groups excluding carboxylic acids is 1. The van der Waals surface area contributed by atoms with Crippen molar-refractivity contribution in [2.45, 2.75) is 24.8 Å². The maximum Gasteiger partial charge on any atom is 0.244 e. The minimum atomic E-state index is -3.59. The van der Waals surface area contributed by atoms with Crippen LogP contribution in [0.5, 0.6) is 11.5 Å². The molecule has 0 unspecified atom stereocenters. The van der Waals surface area contributed by atoms with Crippen LogP contribution < -0.4 is 14.8 Å². The lowest BCUT2D eigenvalue weighted by atomic mass is 10.2. The summed E-state index contributed by atoms with van der Waals surface area (Å²) >= 11 is 0. The molecular formula is C22H28N2O5S. The molecule has 2 aromatic rings. The Labute approximate surface area is 178 Å². The predicted octanol–water partition coefficient (Wildman–Crippen LogP) is 3.06. The maximum absolute atomic E-state index is 12.4. The first kappa shape index (κ1) is 23.4. The molecule has 7 nitrogen and oxygen atoms in total. The van der Waals surface area contributed by atoms with Gasteiger partial charge in [0.2, 0.25) is 15.9 Å². The van der Waals surface area contributed by atoms with Crippen LogP contribution >= 0.6 is 0 Å². The number of rotatable bonds is 10. The van der Waals surface area contributed by atoms with Crippen molar-refractivity contribution in [3.63, 3.8) is 0 Å². The van der Waals surface area contributed by atoms with Gasteiger partial charge in [0, 0.05) is 26.7 Å². The van der Waals surface area contributed by atoms with E-state index in [-0.39, 0.29) is 17.3 Å². The van der Waals surface area contributed by atoms with Gasteiger partial charge in [0.05, 0.1) is 18.6 Å². The molecular weight excluding hydrogens is 404 g/mol. The summed E-state index contributed by atoms with van der Waals surface area (Å²) in [6.45, 7) is 2.72. The number of carbonyl (C=O) groups is 1. The molecule has 0 heterocycles. The number of benzene rings is 2. The van der Waals surface area contributed by atoms with Gasteiger partial charge in [0.1, 0.15) is 0 Å². The number of amides is 1. The van der Waals surface area contributed by atoms with Crippen molar-refractivity contribution in [3.05, 3.63) is 59.7 Å². The number of hydrogen-bond acceptors (Lipinski definition) is 5. The van der Waals surface area contributed by atoms with Crippen LogP contribution in [0.3, 0.4) is 0 Å². The zero-order valence-corrected chi connectivity index (χ0v) is 18.5. The van der Waals surface area contributed by atoms with Gasteiger partial charge in [-0.25, -0.2) is 12.7 Å². The van der Waals surface area contributed by atoms with Crippen molar-refractivity contribution >= 4 is 22.0 Å². The molecule has 0 aliphatic rings. The lowest BCUT2D eigenvalue weighted by molar-refractivity contribution is -0.116. The average Bonchev–Trinajstić information content (AvgIpc) is 2.75. The van der Waals surface area contributed by atoms with Crippen LogP contribution in [0.15, 0.2) is 53.4 Å². The molecule has 8 heteroatoms. The van der Waals surface area contributed by atoms with Crippen LogP contribution in [-0.2, 0) is 21.4 Å². The largest absolute Gasteiger partial charge is 0.493 e. The first-order valence-corrected chi connectivity index (χ1v) is 11.0. The molecule has 0 saturated heterocycles. The molecule has 0 saturated carbocycles. The summed E-state index contributed by atoms with van der Waals surface area (Å²) in [7, 11) is 0.917. The Bertz CT molecular complexity index is 1000. The molecule has 2 rings (SSSR count). The van der Waals surface area contributed by atoms with E-state index in [2.05, 4.69) is 5.32 Å². The monoisotopic (exact) mass is 432 g/mol. The molecule has 0 aliphatic heterocycles. The van der Waals surface area contributed by atoms with Crippen LogP contribution in [0.1, 0.15) is 24.5 Å². The first-order chi connectivity index (χ1) is 14.3. The summed E-state index contributed by atoms with van der Waals surface area (Å²) in [6, 6.07) is 12.0. The Balaban J connectivity index is 2.06. The normalized spacial score (nSPS) is 11.6. The quantitative estimate of drug-likeness (QED) is 0.583. The number of nitrogens with one attached hydrogen (secondary N) is 1. The molecule has 1 amide bonds. The van der Waals surface area contributed by atoms with Crippen LogP contribution in [0.4, 0.5) is 0 Å². The van der Waals surface area contributed by atoms with E-state index in [0.717, 1.165) is 16.3 Å². The molecule has 0 radical (unpaired) electrons. The number of sulfonamides is 1. The van der Waals surface area contributed by atoms with Gasteiger partial charge in [0.25, 0.3) is 0 Å². The fourth-order valence-electron chi connectivity index (χ4n) is 2.63. The second-order valence-corrected chi connectivity index (χ2v) is 8.83. The van der Waals surface area contributed by atoms with Crippen molar-refractivity contribution in [2.24, 2.45) is 0 Å². The third-order valence-electron chi connectivity index (χ3n) is 4.26. The molecule has 0 fully saturated rings. The van der Waals surface area contributed by atoms with Crippen molar-refractivity contribution in [2.75, 3.05) is 27.8 Å². The molecule has 0 aliphatic carbocycles. The number of ether oxygens (including phenoxy) is 2. The molecule has 1 N–H and O–H groups in total. The van der Waals surface area contributed by atoms with E-state index >= 15 is 0 Å². The second kappa shape index (κ2) is 10.8. The van der Waals surface area contributed by atoms with Gasteiger partial charge in [-0.1, -0.05) is 31.2 Å². The molecule has 0 atom stereocenters. The summed E-state index contributed by atoms with van der Waals surface area (Å²) < 4.78 is 37.0. The van der Waals surface area contributed by atoms with Gasteiger partial charge >= 0.3 is 0 Å². The maximum atomic E-state index is 12.4. The van der Waals surface area contributed by atoms with Crippen LogP contribution in [0.2, 0.25) is 0 Å². The van der Waals surface area contributed by atoms with E-state index in [9.17, 15) is 13.2 Å². The van der Waals surface area contributed by atoms with E-state index in [1.807, 2.05) is 13.0 Å². The lowest BCUT2D eigenvalue weighted by Gasteiger charge is -2.15.